The number of nitrogens with two attached hydrogens (primary N) is 1. The average molecular weight is 262 g/mol. The predicted octanol–water partition coefficient (Wildman–Crippen LogP) is 3.85. The number of nitrogens with zero attached hydrogens (tertiary/aromatic N) is 1. The first-order valence-electron chi connectivity index (χ1n) is 6.93. The molecule has 0 fully saturated rings. The van der Waals surface area contributed by atoms with Gasteiger partial charge in [0.2, 0.25) is 0 Å². The number of rotatable bonds is 3. The van der Waals surface area contributed by atoms with Crippen LogP contribution in [0.25, 0.3) is 10.8 Å². The summed E-state index contributed by atoms with van der Waals surface area (Å²) in [6, 6.07) is 18.6. The Balaban J connectivity index is 2.27. The van der Waals surface area contributed by atoms with E-state index in [4.69, 9.17) is 5.73 Å². The number of fused-ring (bicyclic) bond motifs is 1. The van der Waals surface area contributed by atoms with E-state index in [1.807, 2.05) is 36.7 Å². The lowest BCUT2D eigenvalue weighted by Gasteiger charge is -2.30. The Bertz CT molecular complexity index is 716. The van der Waals surface area contributed by atoms with Gasteiger partial charge in [0.25, 0.3) is 0 Å². The molecule has 1 heterocycles. The van der Waals surface area contributed by atoms with Crippen molar-refractivity contribution in [3.63, 3.8) is 0 Å². The lowest BCUT2D eigenvalue weighted by atomic mass is 9.80. The van der Waals surface area contributed by atoms with Crippen LogP contribution in [0, 0.1) is 0 Å². The van der Waals surface area contributed by atoms with Crippen molar-refractivity contribution in [2.75, 3.05) is 0 Å². The minimum absolute atomic E-state index is 0.482. The largest absolute Gasteiger partial charge is 0.318 e. The van der Waals surface area contributed by atoms with Crippen molar-refractivity contribution in [2.45, 2.75) is 18.9 Å². The third-order valence-electron chi connectivity index (χ3n) is 4.01. The highest BCUT2D eigenvalue weighted by Crippen LogP contribution is 2.34. The quantitative estimate of drug-likeness (QED) is 0.778. The first kappa shape index (κ1) is 12.8. The van der Waals surface area contributed by atoms with Crippen molar-refractivity contribution >= 4 is 10.8 Å². The van der Waals surface area contributed by atoms with Crippen LogP contribution in [0.15, 0.2) is 67.0 Å². The predicted molar refractivity (Wildman–Crippen MR) is 83.4 cm³/mol. The summed E-state index contributed by atoms with van der Waals surface area (Å²) in [6.07, 6.45) is 4.56. The Morgan fingerprint density at radius 2 is 1.80 bits per heavy atom. The highest BCUT2D eigenvalue weighted by molar-refractivity contribution is 5.86. The van der Waals surface area contributed by atoms with E-state index in [-0.39, 0.29) is 0 Å². The second-order valence-electron chi connectivity index (χ2n) is 5.09. The number of pyridine rings is 1. The van der Waals surface area contributed by atoms with Crippen LogP contribution in [0.5, 0.6) is 0 Å². The zero-order valence-electron chi connectivity index (χ0n) is 11.6. The Morgan fingerprint density at radius 1 is 1.00 bits per heavy atom. The SMILES string of the molecule is CCC(N)(c1ccccc1)c1cccc2ccncc12. The van der Waals surface area contributed by atoms with Gasteiger partial charge in [-0.3, -0.25) is 4.98 Å². The molecule has 3 aromatic rings. The second-order valence-corrected chi connectivity index (χ2v) is 5.09. The summed E-state index contributed by atoms with van der Waals surface area (Å²) in [5.41, 5.74) is 8.57. The Morgan fingerprint density at radius 3 is 2.55 bits per heavy atom. The van der Waals surface area contributed by atoms with Gasteiger partial charge < -0.3 is 5.73 Å². The van der Waals surface area contributed by atoms with Gasteiger partial charge in [0, 0.05) is 17.8 Å². The van der Waals surface area contributed by atoms with Crippen LogP contribution >= 0.6 is 0 Å². The standard InChI is InChI=1S/C18H18N2/c1-2-18(19,15-8-4-3-5-9-15)17-10-6-7-14-11-12-20-13-16(14)17/h3-13H,2,19H2,1H3. The smallest absolute Gasteiger partial charge is 0.0669 e. The summed E-state index contributed by atoms with van der Waals surface area (Å²) in [4.78, 5) is 4.26. The average Bonchev–Trinajstić information content (AvgIpc) is 2.54. The van der Waals surface area contributed by atoms with Crippen molar-refractivity contribution in [1.82, 2.24) is 4.98 Å². The van der Waals surface area contributed by atoms with Gasteiger partial charge in [0.15, 0.2) is 0 Å². The number of hydrogen-bond donors (Lipinski definition) is 1. The zero-order valence-corrected chi connectivity index (χ0v) is 11.6. The maximum Gasteiger partial charge on any atom is 0.0669 e. The van der Waals surface area contributed by atoms with E-state index in [1.54, 1.807) is 0 Å². The van der Waals surface area contributed by atoms with Gasteiger partial charge in [-0.15, -0.1) is 0 Å². The monoisotopic (exact) mass is 262 g/mol. The summed E-state index contributed by atoms with van der Waals surface area (Å²) in [6.45, 7) is 2.13. The van der Waals surface area contributed by atoms with Gasteiger partial charge in [-0.05, 0) is 29.0 Å². The summed E-state index contributed by atoms with van der Waals surface area (Å²) >= 11 is 0. The molecule has 0 saturated carbocycles. The zero-order chi connectivity index (χ0) is 14.0. The molecular weight excluding hydrogens is 244 g/mol. The molecule has 2 N–H and O–H groups in total. The van der Waals surface area contributed by atoms with Gasteiger partial charge in [-0.25, -0.2) is 0 Å². The third-order valence-corrected chi connectivity index (χ3v) is 4.01. The molecule has 0 bridgehead atoms. The first-order chi connectivity index (χ1) is 9.75. The fourth-order valence-electron chi connectivity index (χ4n) is 2.79. The molecule has 1 unspecified atom stereocenters. The van der Waals surface area contributed by atoms with Crippen LogP contribution in [0.4, 0.5) is 0 Å². The van der Waals surface area contributed by atoms with Crippen LogP contribution in [0.2, 0.25) is 0 Å². The molecule has 0 aliphatic rings. The summed E-state index contributed by atoms with van der Waals surface area (Å²) in [7, 11) is 0. The van der Waals surface area contributed by atoms with E-state index >= 15 is 0 Å². The minimum Gasteiger partial charge on any atom is -0.318 e. The Hall–Kier alpha value is -2.19. The molecule has 0 spiro atoms. The van der Waals surface area contributed by atoms with Gasteiger partial charge in [-0.1, -0.05) is 55.5 Å². The summed E-state index contributed by atoms with van der Waals surface area (Å²) in [5.74, 6) is 0. The molecule has 3 rings (SSSR count). The number of hydrogen-bond acceptors (Lipinski definition) is 2. The number of benzene rings is 2. The highest BCUT2D eigenvalue weighted by Gasteiger charge is 2.28. The fraction of sp³-hybridized carbons (Fsp3) is 0.167. The van der Waals surface area contributed by atoms with Gasteiger partial charge in [0.1, 0.15) is 0 Å². The number of aromatic nitrogens is 1. The van der Waals surface area contributed by atoms with Gasteiger partial charge in [-0.2, -0.15) is 0 Å². The minimum atomic E-state index is -0.482. The first-order valence-corrected chi connectivity index (χ1v) is 6.93. The van der Waals surface area contributed by atoms with Gasteiger partial charge >= 0.3 is 0 Å². The fourth-order valence-corrected chi connectivity index (χ4v) is 2.79. The van der Waals surface area contributed by atoms with Gasteiger partial charge in [0.05, 0.1) is 5.54 Å². The molecule has 0 radical (unpaired) electrons. The summed E-state index contributed by atoms with van der Waals surface area (Å²) < 4.78 is 0. The molecule has 20 heavy (non-hydrogen) atoms. The van der Waals surface area contributed by atoms with E-state index < -0.39 is 5.54 Å². The second kappa shape index (κ2) is 5.06. The molecular formula is C18H18N2. The van der Waals surface area contributed by atoms with Crippen molar-refractivity contribution in [1.29, 1.82) is 0 Å². The van der Waals surface area contributed by atoms with E-state index in [9.17, 15) is 0 Å². The molecule has 2 nitrogen and oxygen atoms in total. The van der Waals surface area contributed by atoms with E-state index in [0.717, 1.165) is 22.9 Å². The Kier molecular flexibility index (Phi) is 3.25. The summed E-state index contributed by atoms with van der Waals surface area (Å²) in [5, 5.41) is 2.31. The van der Waals surface area contributed by atoms with Crippen LogP contribution in [-0.2, 0) is 5.54 Å². The van der Waals surface area contributed by atoms with Crippen LogP contribution in [-0.4, -0.2) is 4.98 Å². The molecule has 0 aliphatic carbocycles. The van der Waals surface area contributed by atoms with Crippen LogP contribution < -0.4 is 5.73 Å². The normalized spacial score (nSPS) is 14.1. The molecule has 0 aliphatic heterocycles. The lowest BCUT2D eigenvalue weighted by molar-refractivity contribution is 0.523. The molecule has 2 aromatic carbocycles. The van der Waals surface area contributed by atoms with E-state index in [1.165, 1.54) is 5.39 Å². The molecule has 1 atom stereocenters. The molecule has 0 amide bonds. The maximum absolute atomic E-state index is 6.78. The van der Waals surface area contributed by atoms with Crippen molar-refractivity contribution < 1.29 is 0 Å². The third kappa shape index (κ3) is 1.98. The van der Waals surface area contributed by atoms with E-state index in [0.29, 0.717) is 0 Å². The van der Waals surface area contributed by atoms with E-state index in [2.05, 4.69) is 42.2 Å². The van der Waals surface area contributed by atoms with Crippen molar-refractivity contribution in [3.05, 3.63) is 78.1 Å². The Labute approximate surface area is 119 Å². The molecule has 100 valence electrons. The van der Waals surface area contributed by atoms with Crippen LogP contribution in [0.3, 0.4) is 0 Å². The lowest BCUT2D eigenvalue weighted by Crippen LogP contribution is -2.37. The molecule has 0 saturated heterocycles. The molecule has 1 aromatic heterocycles. The molecule has 2 heteroatoms. The van der Waals surface area contributed by atoms with Crippen molar-refractivity contribution in [3.8, 4) is 0 Å². The topological polar surface area (TPSA) is 38.9 Å². The highest BCUT2D eigenvalue weighted by atomic mass is 14.7. The maximum atomic E-state index is 6.78. The van der Waals surface area contributed by atoms with Crippen LogP contribution in [0.1, 0.15) is 24.5 Å². The van der Waals surface area contributed by atoms with Crippen molar-refractivity contribution in [2.24, 2.45) is 5.73 Å².